The third kappa shape index (κ3) is 4.65. The third-order valence-electron chi connectivity index (χ3n) is 2.22. The number of esters is 1. The van der Waals surface area contributed by atoms with Crippen molar-refractivity contribution in [2.45, 2.75) is 37.0 Å². The van der Waals surface area contributed by atoms with Gasteiger partial charge in [-0.05, 0) is 44.5 Å². The maximum absolute atomic E-state index is 13.5. The lowest BCUT2D eigenvalue weighted by Gasteiger charge is -2.14. The van der Waals surface area contributed by atoms with Crippen LogP contribution in [-0.4, -0.2) is 22.6 Å². The van der Waals surface area contributed by atoms with Gasteiger partial charge in [0.15, 0.2) is 0 Å². The van der Waals surface area contributed by atoms with E-state index < -0.39 is 22.3 Å². The zero-order valence-corrected chi connectivity index (χ0v) is 13.4. The van der Waals surface area contributed by atoms with Gasteiger partial charge in [0.2, 0.25) is 0 Å². The summed E-state index contributed by atoms with van der Waals surface area (Å²) in [6.07, 6.45) is -0.228. The molecule has 0 aliphatic heterocycles. The highest BCUT2D eigenvalue weighted by atomic mass is 35.5. The molecule has 0 heterocycles. The van der Waals surface area contributed by atoms with Gasteiger partial charge in [0.25, 0.3) is 5.24 Å². The summed E-state index contributed by atoms with van der Waals surface area (Å²) in [5, 5.41) is -1.35. The van der Waals surface area contributed by atoms with Crippen molar-refractivity contribution in [3.63, 3.8) is 0 Å². The fourth-order valence-corrected chi connectivity index (χ4v) is 2.66. The van der Waals surface area contributed by atoms with Gasteiger partial charge in [0.05, 0.1) is 16.7 Å². The van der Waals surface area contributed by atoms with Gasteiger partial charge in [-0.25, -0.2) is 4.39 Å². The van der Waals surface area contributed by atoms with Crippen molar-refractivity contribution in [2.75, 3.05) is 0 Å². The van der Waals surface area contributed by atoms with E-state index in [0.717, 1.165) is 17.8 Å². The predicted octanol–water partition coefficient (Wildman–Crippen LogP) is 4.29. The SMILES string of the molecule is CC(C)OC(=O)C(C)Sc1cc(C(=O)Cl)c(F)cc1Cl. The van der Waals surface area contributed by atoms with Gasteiger partial charge in [-0.2, -0.15) is 0 Å². The summed E-state index contributed by atoms with van der Waals surface area (Å²) in [5.41, 5.74) is -0.275. The molecular formula is C13H13Cl2FO3S. The summed E-state index contributed by atoms with van der Waals surface area (Å²) in [4.78, 5) is 23.2. The summed E-state index contributed by atoms with van der Waals surface area (Å²) in [6, 6.07) is 2.23. The van der Waals surface area contributed by atoms with E-state index in [4.69, 9.17) is 27.9 Å². The summed E-state index contributed by atoms with van der Waals surface area (Å²) in [6.45, 7) is 5.12. The van der Waals surface area contributed by atoms with Gasteiger partial charge in [-0.1, -0.05) is 11.6 Å². The van der Waals surface area contributed by atoms with Crippen molar-refractivity contribution < 1.29 is 18.7 Å². The van der Waals surface area contributed by atoms with E-state index in [0.29, 0.717) is 4.90 Å². The van der Waals surface area contributed by atoms with Gasteiger partial charge in [-0.15, -0.1) is 11.8 Å². The first kappa shape index (κ1) is 17.3. The summed E-state index contributed by atoms with van der Waals surface area (Å²) < 4.78 is 18.5. The Balaban J connectivity index is 2.95. The smallest absolute Gasteiger partial charge is 0.319 e. The van der Waals surface area contributed by atoms with Crippen molar-refractivity contribution in [3.8, 4) is 0 Å². The van der Waals surface area contributed by atoms with E-state index in [-0.39, 0.29) is 16.7 Å². The molecule has 0 spiro atoms. The molecule has 1 aromatic carbocycles. The Morgan fingerprint density at radius 3 is 2.40 bits per heavy atom. The number of carbonyl (C=O) groups is 2. The van der Waals surface area contributed by atoms with E-state index in [9.17, 15) is 14.0 Å². The summed E-state index contributed by atoms with van der Waals surface area (Å²) >= 11 is 12.2. The first-order valence-corrected chi connectivity index (χ1v) is 7.42. The number of carbonyl (C=O) groups excluding carboxylic acids is 2. The molecule has 0 aromatic heterocycles. The highest BCUT2D eigenvalue weighted by molar-refractivity contribution is 8.00. The first-order valence-electron chi connectivity index (χ1n) is 5.78. The van der Waals surface area contributed by atoms with Crippen molar-refractivity contribution in [3.05, 3.63) is 28.5 Å². The minimum atomic E-state index is -0.918. The molecule has 0 aliphatic rings. The number of hydrogen-bond donors (Lipinski definition) is 0. The Kier molecular flexibility index (Phi) is 6.30. The van der Waals surface area contributed by atoms with E-state index in [1.165, 1.54) is 6.07 Å². The lowest BCUT2D eigenvalue weighted by molar-refractivity contribution is -0.146. The number of halogens is 3. The van der Waals surface area contributed by atoms with Crippen LogP contribution in [0, 0.1) is 5.82 Å². The van der Waals surface area contributed by atoms with Crippen LogP contribution in [0.15, 0.2) is 17.0 Å². The average Bonchev–Trinajstić information content (AvgIpc) is 2.30. The topological polar surface area (TPSA) is 43.4 Å². The number of hydrogen-bond acceptors (Lipinski definition) is 4. The van der Waals surface area contributed by atoms with Crippen molar-refractivity contribution in [1.29, 1.82) is 0 Å². The molecule has 0 saturated carbocycles. The Labute approximate surface area is 130 Å². The fraction of sp³-hybridized carbons (Fsp3) is 0.385. The van der Waals surface area contributed by atoms with E-state index in [2.05, 4.69) is 0 Å². The molecular weight excluding hydrogens is 326 g/mol. The molecule has 0 amide bonds. The monoisotopic (exact) mass is 338 g/mol. The molecule has 1 aromatic rings. The molecule has 0 fully saturated rings. The van der Waals surface area contributed by atoms with E-state index >= 15 is 0 Å². The lowest BCUT2D eigenvalue weighted by Crippen LogP contribution is -2.20. The fourth-order valence-electron chi connectivity index (χ4n) is 1.34. The summed E-state index contributed by atoms with van der Waals surface area (Å²) in [7, 11) is 0. The van der Waals surface area contributed by atoms with Crippen molar-refractivity contribution in [1.82, 2.24) is 0 Å². The molecule has 7 heteroatoms. The maximum Gasteiger partial charge on any atom is 0.319 e. The van der Waals surface area contributed by atoms with Crippen LogP contribution in [0.4, 0.5) is 4.39 Å². The van der Waals surface area contributed by atoms with Crippen molar-refractivity contribution in [2.24, 2.45) is 0 Å². The molecule has 0 bridgehead atoms. The second kappa shape index (κ2) is 7.29. The molecule has 20 heavy (non-hydrogen) atoms. The molecule has 1 unspecified atom stereocenters. The second-order valence-electron chi connectivity index (χ2n) is 4.28. The van der Waals surface area contributed by atoms with E-state index in [1.807, 2.05) is 0 Å². The zero-order chi connectivity index (χ0) is 15.4. The maximum atomic E-state index is 13.5. The average molecular weight is 339 g/mol. The number of benzene rings is 1. The Bertz CT molecular complexity index is 535. The Morgan fingerprint density at radius 2 is 1.90 bits per heavy atom. The lowest BCUT2D eigenvalue weighted by atomic mass is 10.2. The van der Waals surface area contributed by atoms with Gasteiger partial charge >= 0.3 is 5.97 Å². The third-order valence-corrected chi connectivity index (χ3v) is 3.99. The van der Waals surface area contributed by atoms with Crippen molar-refractivity contribution >= 4 is 46.2 Å². The molecule has 0 saturated heterocycles. The largest absolute Gasteiger partial charge is 0.462 e. The molecule has 0 radical (unpaired) electrons. The van der Waals surface area contributed by atoms with Gasteiger partial charge < -0.3 is 4.74 Å². The molecule has 1 atom stereocenters. The van der Waals surface area contributed by atoms with Gasteiger partial charge in [0, 0.05) is 4.90 Å². The quantitative estimate of drug-likeness (QED) is 0.456. The van der Waals surface area contributed by atoms with Crippen LogP contribution in [0.3, 0.4) is 0 Å². The van der Waals surface area contributed by atoms with Crippen LogP contribution in [-0.2, 0) is 9.53 Å². The summed E-state index contributed by atoms with van der Waals surface area (Å²) in [5.74, 6) is -1.21. The van der Waals surface area contributed by atoms with Crippen LogP contribution in [0.1, 0.15) is 31.1 Å². The molecule has 110 valence electrons. The highest BCUT2D eigenvalue weighted by Gasteiger charge is 2.21. The molecule has 0 N–H and O–H groups in total. The number of ether oxygens (including phenoxy) is 1. The molecule has 0 aliphatic carbocycles. The van der Waals surface area contributed by atoms with Crippen LogP contribution < -0.4 is 0 Å². The minimum Gasteiger partial charge on any atom is -0.462 e. The van der Waals surface area contributed by atoms with Crippen LogP contribution >= 0.6 is 35.0 Å². The van der Waals surface area contributed by atoms with Crippen LogP contribution in [0.2, 0.25) is 5.02 Å². The standard InChI is InChI=1S/C13H13Cl2FO3S/c1-6(2)19-13(18)7(3)20-11-4-8(12(15)17)10(16)5-9(11)14/h4-7H,1-3H3. The zero-order valence-electron chi connectivity index (χ0n) is 11.1. The van der Waals surface area contributed by atoms with E-state index in [1.54, 1.807) is 20.8 Å². The molecule has 1 rings (SSSR count). The normalized spacial score (nSPS) is 12.3. The first-order chi connectivity index (χ1) is 9.22. The van der Waals surface area contributed by atoms with Crippen LogP contribution in [0.5, 0.6) is 0 Å². The van der Waals surface area contributed by atoms with Gasteiger partial charge in [0.1, 0.15) is 11.1 Å². The number of rotatable bonds is 5. The minimum absolute atomic E-state index is 0.110. The van der Waals surface area contributed by atoms with Gasteiger partial charge in [-0.3, -0.25) is 9.59 Å². The predicted molar refractivity (Wildman–Crippen MR) is 78.1 cm³/mol. The molecule has 3 nitrogen and oxygen atoms in total. The number of thioether (sulfide) groups is 1. The highest BCUT2D eigenvalue weighted by Crippen LogP contribution is 2.33. The second-order valence-corrected chi connectivity index (χ2v) is 6.42. The van der Waals surface area contributed by atoms with Crippen LogP contribution in [0.25, 0.3) is 0 Å². The Hall–Kier alpha value is -0.780. The Morgan fingerprint density at radius 1 is 1.30 bits per heavy atom.